The van der Waals surface area contributed by atoms with E-state index in [4.69, 9.17) is 4.74 Å². The zero-order chi connectivity index (χ0) is 14.0. The highest BCUT2D eigenvalue weighted by Gasteiger charge is 2.27. The highest BCUT2D eigenvalue weighted by Crippen LogP contribution is 2.44. The van der Waals surface area contributed by atoms with E-state index < -0.39 is 5.60 Å². The number of anilines is 1. The van der Waals surface area contributed by atoms with Crippen molar-refractivity contribution in [3.05, 3.63) is 29.3 Å². The van der Waals surface area contributed by atoms with Crippen LogP contribution >= 0.6 is 15.9 Å². The summed E-state index contributed by atoms with van der Waals surface area (Å²) in [6.07, 6.45) is 2.02. The summed E-state index contributed by atoms with van der Waals surface area (Å²) >= 11 is 3.46. The van der Waals surface area contributed by atoms with Gasteiger partial charge < -0.3 is 4.74 Å². The number of nitrogens with one attached hydrogen (secondary N) is 1. The number of rotatable bonds is 3. The van der Waals surface area contributed by atoms with Gasteiger partial charge in [-0.05, 0) is 56.7 Å². The first-order valence-electron chi connectivity index (χ1n) is 6.58. The van der Waals surface area contributed by atoms with E-state index in [9.17, 15) is 4.79 Å². The van der Waals surface area contributed by atoms with E-state index >= 15 is 0 Å². The van der Waals surface area contributed by atoms with E-state index in [0.717, 1.165) is 11.0 Å². The van der Waals surface area contributed by atoms with Crippen LogP contribution in [0.25, 0.3) is 0 Å². The first kappa shape index (κ1) is 14.4. The molecule has 0 atom stereocenters. The predicted molar refractivity (Wildman–Crippen MR) is 80.9 cm³/mol. The highest BCUT2D eigenvalue weighted by atomic mass is 79.9. The molecule has 1 aromatic rings. The first-order chi connectivity index (χ1) is 8.89. The molecule has 0 aromatic heterocycles. The van der Waals surface area contributed by atoms with Gasteiger partial charge in [-0.1, -0.05) is 28.1 Å². The number of amides is 1. The van der Waals surface area contributed by atoms with Gasteiger partial charge in [-0.15, -0.1) is 0 Å². The monoisotopic (exact) mass is 325 g/mol. The van der Waals surface area contributed by atoms with Crippen molar-refractivity contribution in [1.29, 1.82) is 0 Å². The average molecular weight is 326 g/mol. The van der Waals surface area contributed by atoms with Gasteiger partial charge in [-0.25, -0.2) is 4.79 Å². The predicted octanol–water partition coefficient (Wildman–Crippen LogP) is 4.81. The summed E-state index contributed by atoms with van der Waals surface area (Å²) < 4.78 is 5.29. The summed E-state index contributed by atoms with van der Waals surface area (Å²) in [7, 11) is 0. The summed E-state index contributed by atoms with van der Waals surface area (Å²) in [6.45, 7) is 5.59. The van der Waals surface area contributed by atoms with E-state index in [1.165, 1.54) is 24.0 Å². The molecule has 19 heavy (non-hydrogen) atoms. The van der Waals surface area contributed by atoms with Crippen molar-refractivity contribution >= 4 is 27.7 Å². The molecule has 1 aromatic carbocycles. The van der Waals surface area contributed by atoms with Gasteiger partial charge in [0.25, 0.3) is 0 Å². The molecule has 0 heterocycles. The third-order valence-corrected chi connectivity index (χ3v) is 3.57. The van der Waals surface area contributed by atoms with Crippen LogP contribution in [0.5, 0.6) is 0 Å². The number of carbonyl (C=O) groups is 1. The van der Waals surface area contributed by atoms with Gasteiger partial charge >= 0.3 is 6.09 Å². The Labute approximate surface area is 122 Å². The third kappa shape index (κ3) is 4.23. The van der Waals surface area contributed by atoms with Crippen molar-refractivity contribution in [3.63, 3.8) is 0 Å². The maximum absolute atomic E-state index is 11.8. The van der Waals surface area contributed by atoms with Gasteiger partial charge in [0.15, 0.2) is 0 Å². The molecule has 1 aliphatic carbocycles. The van der Waals surface area contributed by atoms with E-state index in [2.05, 4.69) is 27.3 Å². The molecule has 0 spiro atoms. The van der Waals surface area contributed by atoms with Crippen LogP contribution in [0.15, 0.2) is 18.2 Å². The second-order valence-electron chi connectivity index (χ2n) is 5.96. The van der Waals surface area contributed by atoms with Gasteiger partial charge in [0.2, 0.25) is 0 Å². The largest absolute Gasteiger partial charge is 0.444 e. The van der Waals surface area contributed by atoms with Crippen LogP contribution in [0, 0.1) is 0 Å². The minimum Gasteiger partial charge on any atom is -0.444 e. The lowest BCUT2D eigenvalue weighted by Gasteiger charge is -2.20. The fraction of sp³-hybridized carbons (Fsp3) is 0.533. The number of halogens is 1. The van der Waals surface area contributed by atoms with Crippen LogP contribution < -0.4 is 5.32 Å². The summed E-state index contributed by atoms with van der Waals surface area (Å²) in [6, 6.07) is 6.15. The zero-order valence-electron chi connectivity index (χ0n) is 11.6. The number of hydrogen-bond donors (Lipinski definition) is 1. The SMILES string of the molecule is CC(C)(C)OC(=O)Nc1ccc(CBr)cc1C1CC1. The standard InChI is InChI=1S/C15H20BrNO2/c1-15(2,3)19-14(18)17-13-7-4-10(9-16)8-12(13)11-5-6-11/h4,7-8,11H,5-6,9H2,1-3H3,(H,17,18). The molecule has 1 fully saturated rings. The van der Waals surface area contributed by atoms with E-state index in [0.29, 0.717) is 5.92 Å². The van der Waals surface area contributed by atoms with Crippen molar-refractivity contribution in [1.82, 2.24) is 0 Å². The van der Waals surface area contributed by atoms with Crippen LogP contribution in [0.2, 0.25) is 0 Å². The van der Waals surface area contributed by atoms with E-state index in [1.807, 2.05) is 32.9 Å². The molecule has 104 valence electrons. The lowest BCUT2D eigenvalue weighted by molar-refractivity contribution is 0.0636. The van der Waals surface area contributed by atoms with Crippen LogP contribution in [0.1, 0.15) is 50.7 Å². The number of carbonyl (C=O) groups excluding carboxylic acids is 1. The maximum atomic E-state index is 11.8. The Hall–Kier alpha value is -1.03. The van der Waals surface area contributed by atoms with E-state index in [1.54, 1.807) is 0 Å². The van der Waals surface area contributed by atoms with Crippen molar-refractivity contribution in [2.24, 2.45) is 0 Å². The van der Waals surface area contributed by atoms with Gasteiger partial charge in [0.05, 0.1) is 0 Å². The van der Waals surface area contributed by atoms with Crippen molar-refractivity contribution in [2.75, 3.05) is 5.32 Å². The van der Waals surface area contributed by atoms with Crippen molar-refractivity contribution in [2.45, 2.75) is 50.5 Å². The van der Waals surface area contributed by atoms with Gasteiger partial charge in [-0.3, -0.25) is 5.32 Å². The molecule has 1 saturated carbocycles. The molecule has 1 N–H and O–H groups in total. The van der Waals surface area contributed by atoms with Gasteiger partial charge in [0, 0.05) is 11.0 Å². The highest BCUT2D eigenvalue weighted by molar-refractivity contribution is 9.08. The van der Waals surface area contributed by atoms with Crippen LogP contribution in [0.4, 0.5) is 10.5 Å². The van der Waals surface area contributed by atoms with Gasteiger partial charge in [-0.2, -0.15) is 0 Å². The summed E-state index contributed by atoms with van der Waals surface area (Å²) in [4.78, 5) is 11.8. The zero-order valence-corrected chi connectivity index (χ0v) is 13.2. The molecule has 3 nitrogen and oxygen atoms in total. The fourth-order valence-electron chi connectivity index (χ4n) is 1.95. The Morgan fingerprint density at radius 2 is 2.11 bits per heavy atom. The summed E-state index contributed by atoms with van der Waals surface area (Å²) in [5.41, 5.74) is 2.86. The minimum absolute atomic E-state index is 0.388. The average Bonchev–Trinajstić information content (AvgIpc) is 3.10. The fourth-order valence-corrected chi connectivity index (χ4v) is 2.30. The Morgan fingerprint density at radius 3 is 2.63 bits per heavy atom. The molecule has 2 rings (SSSR count). The van der Waals surface area contributed by atoms with Crippen LogP contribution in [-0.2, 0) is 10.1 Å². The lowest BCUT2D eigenvalue weighted by atomic mass is 10.1. The minimum atomic E-state index is -0.473. The van der Waals surface area contributed by atoms with E-state index in [-0.39, 0.29) is 6.09 Å². The molecule has 1 aliphatic rings. The Bertz CT molecular complexity index is 476. The molecule has 0 unspecified atom stereocenters. The quantitative estimate of drug-likeness (QED) is 0.810. The molecular formula is C15H20BrNO2. The third-order valence-electron chi connectivity index (χ3n) is 2.92. The van der Waals surface area contributed by atoms with Crippen molar-refractivity contribution < 1.29 is 9.53 Å². The normalized spacial score (nSPS) is 15.2. The molecule has 0 bridgehead atoms. The number of benzene rings is 1. The molecule has 0 radical (unpaired) electrons. The molecular weight excluding hydrogens is 306 g/mol. The second-order valence-corrected chi connectivity index (χ2v) is 6.52. The van der Waals surface area contributed by atoms with Crippen molar-refractivity contribution in [3.8, 4) is 0 Å². The van der Waals surface area contributed by atoms with Crippen LogP contribution in [0.3, 0.4) is 0 Å². The maximum Gasteiger partial charge on any atom is 0.412 e. The lowest BCUT2D eigenvalue weighted by Crippen LogP contribution is -2.27. The topological polar surface area (TPSA) is 38.3 Å². The molecule has 1 amide bonds. The smallest absolute Gasteiger partial charge is 0.412 e. The molecule has 0 saturated heterocycles. The number of alkyl halides is 1. The Balaban J connectivity index is 2.13. The summed E-state index contributed by atoms with van der Waals surface area (Å²) in [5, 5.41) is 3.70. The van der Waals surface area contributed by atoms with Crippen LogP contribution in [-0.4, -0.2) is 11.7 Å². The van der Waals surface area contributed by atoms with Gasteiger partial charge in [0.1, 0.15) is 5.60 Å². The summed E-state index contributed by atoms with van der Waals surface area (Å²) in [5.74, 6) is 0.587. The molecule has 4 heteroatoms. The Kier molecular flexibility index (Phi) is 4.19. The number of ether oxygens (including phenoxy) is 1. The second kappa shape index (κ2) is 5.53. The molecule has 0 aliphatic heterocycles. The number of hydrogen-bond acceptors (Lipinski definition) is 2. The first-order valence-corrected chi connectivity index (χ1v) is 7.70. The Morgan fingerprint density at radius 1 is 1.42 bits per heavy atom.